The van der Waals surface area contributed by atoms with Crippen LogP contribution < -0.4 is 0 Å². The minimum absolute atomic E-state index is 0.0998. The van der Waals surface area contributed by atoms with E-state index in [0.29, 0.717) is 5.87 Å². The molecule has 0 spiro atoms. The lowest BCUT2D eigenvalue weighted by Crippen LogP contribution is -1.71. The van der Waals surface area contributed by atoms with E-state index in [1.807, 2.05) is 0 Å². The number of hydrogen-bond donors (Lipinski definition) is 0. The van der Waals surface area contributed by atoms with Crippen LogP contribution in [0.2, 0.25) is 0 Å². The van der Waals surface area contributed by atoms with E-state index < -0.39 is 0 Å². The van der Waals surface area contributed by atoms with Crippen molar-refractivity contribution < 1.29 is 0 Å². The minimum Gasteiger partial charge on any atom is -0.160 e. The zero-order chi connectivity index (χ0) is 5.15. The fraction of sp³-hybridized carbons (Fsp3) is 0. The summed E-state index contributed by atoms with van der Waals surface area (Å²) in [5.41, 5.74) is 0. The first-order chi connectivity index (χ1) is 2.64. The monoisotopic (exact) mass is 174 g/mol. The first-order valence-corrected chi connectivity index (χ1v) is 7.42. The molecule has 0 aliphatic rings. The topological polar surface area (TPSA) is 0 Å². The fourth-order valence-electron chi connectivity index (χ4n) is 0. The third-order valence-corrected chi connectivity index (χ3v) is 9.30. The third kappa shape index (κ3) is 4.38. The maximum absolute atomic E-state index is 2.76. The molecule has 0 rings (SSSR count). The summed E-state index contributed by atoms with van der Waals surface area (Å²) >= 11 is 0. The van der Waals surface area contributed by atoms with Gasteiger partial charge in [0.05, 0.1) is 0 Å². The predicted octanol–water partition coefficient (Wildman–Crippen LogP) is 1.78. The Morgan fingerprint density at radius 1 is 1.17 bits per heavy atom. The Morgan fingerprint density at radius 2 is 1.33 bits per heavy atom. The molecular formula is H8BP5. The molecule has 4 unspecified atom stereocenters. The molecule has 0 radical (unpaired) electrons. The summed E-state index contributed by atoms with van der Waals surface area (Å²) in [6.45, 7) is 0. The summed E-state index contributed by atoms with van der Waals surface area (Å²) < 4.78 is 0. The second kappa shape index (κ2) is 4.13. The quantitative estimate of drug-likeness (QED) is 0.419. The summed E-state index contributed by atoms with van der Waals surface area (Å²) in [6.07, 6.45) is 0. The van der Waals surface area contributed by atoms with E-state index in [4.69, 9.17) is 0 Å². The normalized spacial score (nSPS) is 9.50. The van der Waals surface area contributed by atoms with Crippen molar-refractivity contribution in [3.63, 3.8) is 0 Å². The highest BCUT2D eigenvalue weighted by molar-refractivity contribution is 8.65. The molecule has 0 aromatic rings. The third-order valence-electron chi connectivity index (χ3n) is 0.344. The maximum Gasteiger partial charge on any atom is 0.224 e. The average molecular weight is 174 g/mol. The van der Waals surface area contributed by atoms with Crippen LogP contribution in [0.25, 0.3) is 0 Å². The Morgan fingerprint density at radius 3 is 1.33 bits per heavy atom. The molecule has 0 aliphatic carbocycles. The largest absolute Gasteiger partial charge is 0.224 e. The van der Waals surface area contributed by atoms with Crippen molar-refractivity contribution >= 4 is 49.1 Å². The van der Waals surface area contributed by atoms with E-state index in [2.05, 4.69) is 36.1 Å². The van der Waals surface area contributed by atoms with Gasteiger partial charge in [-0.1, -0.05) is 7.18 Å². The zero-order valence-electron chi connectivity index (χ0n) is 3.33. The molecule has 6 heteroatoms. The number of hydrogen-bond acceptors (Lipinski definition) is 0. The molecule has 0 heterocycles. The summed E-state index contributed by atoms with van der Waals surface area (Å²) in [5.74, 6) is 0.676. The lowest BCUT2D eigenvalue weighted by atomic mass is 10.7. The van der Waals surface area contributed by atoms with Gasteiger partial charge in [0.2, 0.25) is 5.87 Å². The first kappa shape index (κ1) is 8.21. The second-order valence-corrected chi connectivity index (χ2v) is 11.1. The van der Waals surface area contributed by atoms with Crippen LogP contribution in [0.3, 0.4) is 0 Å². The van der Waals surface area contributed by atoms with Gasteiger partial charge in [0.1, 0.15) is 0 Å². The van der Waals surface area contributed by atoms with Gasteiger partial charge in [0.15, 0.2) is 0 Å². The molecule has 0 aliphatic heterocycles. The van der Waals surface area contributed by atoms with Crippen molar-refractivity contribution in [2.45, 2.75) is 0 Å². The summed E-state index contributed by atoms with van der Waals surface area (Å²) in [5, 5.41) is 0. The van der Waals surface area contributed by atoms with Gasteiger partial charge in [0.25, 0.3) is 0 Å². The van der Waals surface area contributed by atoms with Crippen molar-refractivity contribution in [3.05, 3.63) is 0 Å². The lowest BCUT2D eigenvalue weighted by Gasteiger charge is -2.01. The molecule has 4 atom stereocenters. The van der Waals surface area contributed by atoms with Gasteiger partial charge in [-0.2, -0.15) is 18.2 Å². The van der Waals surface area contributed by atoms with Gasteiger partial charge in [-0.15, -0.1) is 17.9 Å². The second-order valence-electron chi connectivity index (χ2n) is 0.938. The van der Waals surface area contributed by atoms with E-state index in [9.17, 15) is 0 Å². The average Bonchev–Trinajstić information content (AvgIpc) is 1.36. The summed E-state index contributed by atoms with van der Waals surface area (Å²) in [4.78, 5) is 0. The van der Waals surface area contributed by atoms with Gasteiger partial charge in [-0.05, 0) is 0 Å². The molecule has 0 saturated carbocycles. The molecule has 0 N–H and O–H groups in total. The molecule has 0 saturated heterocycles. The van der Waals surface area contributed by atoms with Gasteiger partial charge in [-0.25, -0.2) is 0 Å². The zero-order valence-corrected chi connectivity index (χ0v) is 8.85. The van der Waals surface area contributed by atoms with Crippen LogP contribution in [-0.4, -0.2) is 5.87 Å². The van der Waals surface area contributed by atoms with E-state index in [1.165, 1.54) is 0 Å². The molecule has 0 aromatic carbocycles. The van der Waals surface area contributed by atoms with E-state index >= 15 is 0 Å². The molecular weight excluding hydrogens is 166 g/mol. The highest BCUT2D eigenvalue weighted by atomic mass is 32.4. The minimum atomic E-state index is 0.0998. The first-order valence-electron chi connectivity index (χ1n) is 1.44. The fourth-order valence-corrected chi connectivity index (χ4v) is 0. The van der Waals surface area contributed by atoms with Crippen molar-refractivity contribution in [1.82, 2.24) is 0 Å². The van der Waals surface area contributed by atoms with Gasteiger partial charge >= 0.3 is 0 Å². The lowest BCUT2D eigenvalue weighted by molar-refractivity contribution is 4.39. The van der Waals surface area contributed by atoms with Gasteiger partial charge < -0.3 is 0 Å². The molecule has 0 bridgehead atoms. The SMILES string of the molecule is PB(P)P(P)P. The van der Waals surface area contributed by atoms with Crippen LogP contribution in [0.1, 0.15) is 0 Å². The highest BCUT2D eigenvalue weighted by Gasteiger charge is 2.01. The van der Waals surface area contributed by atoms with Crippen LogP contribution >= 0.6 is 43.3 Å². The van der Waals surface area contributed by atoms with Gasteiger partial charge in [-0.3, -0.25) is 0 Å². The Hall–Kier alpha value is 2.21. The van der Waals surface area contributed by atoms with Crippen molar-refractivity contribution in [1.29, 1.82) is 0 Å². The highest BCUT2D eigenvalue weighted by Crippen LogP contribution is 2.58. The number of rotatable bonds is 1. The molecule has 0 amide bonds. The molecule has 6 heavy (non-hydrogen) atoms. The van der Waals surface area contributed by atoms with Crippen molar-refractivity contribution in [3.8, 4) is 0 Å². The summed E-state index contributed by atoms with van der Waals surface area (Å²) in [6, 6.07) is 0. The molecule has 0 aromatic heterocycles. The van der Waals surface area contributed by atoms with Gasteiger partial charge in [0, 0.05) is 0 Å². The predicted molar refractivity (Wildman–Crippen MR) is 51.5 cm³/mol. The Kier molecular flexibility index (Phi) is 5.65. The van der Waals surface area contributed by atoms with Crippen LogP contribution in [0.15, 0.2) is 0 Å². The van der Waals surface area contributed by atoms with Crippen molar-refractivity contribution in [2.75, 3.05) is 0 Å². The van der Waals surface area contributed by atoms with Crippen LogP contribution in [0.4, 0.5) is 0 Å². The Labute approximate surface area is 49.7 Å². The van der Waals surface area contributed by atoms with E-state index in [0.717, 1.165) is 0 Å². The Bertz CT molecular complexity index is 24.9. The maximum atomic E-state index is 2.76. The van der Waals surface area contributed by atoms with Crippen LogP contribution in [0, 0.1) is 0 Å². The molecule has 36 valence electrons. The van der Waals surface area contributed by atoms with E-state index in [1.54, 1.807) is 0 Å². The smallest absolute Gasteiger partial charge is 0.160 e. The van der Waals surface area contributed by atoms with Crippen LogP contribution in [-0.2, 0) is 0 Å². The summed E-state index contributed by atoms with van der Waals surface area (Å²) in [7, 11) is 11.1. The van der Waals surface area contributed by atoms with E-state index in [-0.39, 0.29) is 7.18 Å². The standard InChI is InChI=1S/BH8P5/c2-1(3)6(4)5/h2-5H2. The van der Waals surface area contributed by atoms with Crippen LogP contribution in [0.5, 0.6) is 0 Å². The van der Waals surface area contributed by atoms with Crippen molar-refractivity contribution in [2.24, 2.45) is 0 Å². The molecule has 0 fully saturated rings. The Balaban J connectivity index is 2.99. The molecule has 0 nitrogen and oxygen atoms in total.